The molecule has 1 aromatic carbocycles. The van der Waals surface area contributed by atoms with Gasteiger partial charge in [0, 0.05) is 11.6 Å². The second kappa shape index (κ2) is 7.93. The molecular weight excluding hydrogens is 374 g/mol. The number of furan rings is 1. The van der Waals surface area contributed by atoms with E-state index < -0.39 is 5.97 Å². The summed E-state index contributed by atoms with van der Waals surface area (Å²) in [7, 11) is 0. The van der Waals surface area contributed by atoms with Gasteiger partial charge < -0.3 is 13.6 Å². The van der Waals surface area contributed by atoms with Crippen LogP contribution < -0.4 is 0 Å². The zero-order chi connectivity index (χ0) is 20.2. The molecule has 29 heavy (non-hydrogen) atoms. The van der Waals surface area contributed by atoms with Crippen molar-refractivity contribution in [1.82, 2.24) is 25.2 Å². The van der Waals surface area contributed by atoms with Crippen molar-refractivity contribution in [1.29, 1.82) is 0 Å². The fourth-order valence-corrected chi connectivity index (χ4v) is 2.63. The number of carbonyl (C=O) groups excluding carboxylic acids is 1. The van der Waals surface area contributed by atoms with Gasteiger partial charge in [-0.15, -0.1) is 5.10 Å². The first-order valence-corrected chi connectivity index (χ1v) is 8.81. The molecule has 0 saturated carbocycles. The van der Waals surface area contributed by atoms with E-state index in [-0.39, 0.29) is 12.3 Å². The highest BCUT2D eigenvalue weighted by Gasteiger charge is 2.22. The SMILES string of the molecule is Cc1nc(COC(=O)/C(=C/c2ccco2)n2nnnc2-c2ccccc2)oc1C. The third-order valence-electron chi connectivity index (χ3n) is 4.16. The largest absolute Gasteiger partial charge is 0.465 e. The lowest BCUT2D eigenvalue weighted by atomic mass is 10.2. The van der Waals surface area contributed by atoms with E-state index in [0.29, 0.717) is 23.2 Å². The van der Waals surface area contributed by atoms with E-state index in [1.165, 1.54) is 17.0 Å². The molecule has 0 aliphatic carbocycles. The highest BCUT2D eigenvalue weighted by Crippen LogP contribution is 2.22. The van der Waals surface area contributed by atoms with Gasteiger partial charge in [0.2, 0.25) is 5.89 Å². The fourth-order valence-electron chi connectivity index (χ4n) is 2.63. The highest BCUT2D eigenvalue weighted by molar-refractivity contribution is 6.15. The highest BCUT2D eigenvalue weighted by atomic mass is 16.5. The molecule has 0 N–H and O–H groups in total. The van der Waals surface area contributed by atoms with E-state index in [0.717, 1.165) is 11.3 Å². The second-order valence-electron chi connectivity index (χ2n) is 6.15. The number of tetrazole rings is 1. The second-order valence-corrected chi connectivity index (χ2v) is 6.15. The number of esters is 1. The number of hydrogen-bond donors (Lipinski definition) is 0. The van der Waals surface area contributed by atoms with Crippen LogP contribution in [0.1, 0.15) is 23.1 Å². The molecule has 0 aliphatic heterocycles. The molecule has 0 bridgehead atoms. The van der Waals surface area contributed by atoms with Gasteiger partial charge in [0.05, 0.1) is 12.0 Å². The van der Waals surface area contributed by atoms with Crippen molar-refractivity contribution >= 4 is 17.7 Å². The quantitative estimate of drug-likeness (QED) is 0.364. The first kappa shape index (κ1) is 18.4. The molecule has 0 spiro atoms. The lowest BCUT2D eigenvalue weighted by Gasteiger charge is -2.08. The van der Waals surface area contributed by atoms with Crippen LogP contribution >= 0.6 is 0 Å². The number of aryl methyl sites for hydroxylation is 2. The third-order valence-corrected chi connectivity index (χ3v) is 4.16. The molecule has 4 aromatic rings. The van der Waals surface area contributed by atoms with E-state index in [1.807, 2.05) is 37.3 Å². The minimum atomic E-state index is -0.653. The molecule has 3 aromatic heterocycles. The van der Waals surface area contributed by atoms with Gasteiger partial charge in [-0.05, 0) is 36.4 Å². The Morgan fingerprint density at radius 2 is 2.00 bits per heavy atom. The molecule has 9 heteroatoms. The van der Waals surface area contributed by atoms with Crippen molar-refractivity contribution in [3.8, 4) is 11.4 Å². The van der Waals surface area contributed by atoms with Gasteiger partial charge in [-0.2, -0.15) is 4.68 Å². The summed E-state index contributed by atoms with van der Waals surface area (Å²) in [5, 5.41) is 11.7. The van der Waals surface area contributed by atoms with Crippen molar-refractivity contribution in [2.75, 3.05) is 0 Å². The summed E-state index contributed by atoms with van der Waals surface area (Å²) in [5.41, 5.74) is 1.58. The summed E-state index contributed by atoms with van der Waals surface area (Å²) in [6.45, 7) is 3.49. The average Bonchev–Trinajstić information content (AvgIpc) is 3.47. The minimum Gasteiger partial charge on any atom is -0.465 e. The van der Waals surface area contributed by atoms with E-state index in [2.05, 4.69) is 20.5 Å². The molecule has 0 atom stereocenters. The van der Waals surface area contributed by atoms with Crippen LogP contribution in [0, 0.1) is 13.8 Å². The van der Waals surface area contributed by atoms with Gasteiger partial charge in [-0.25, -0.2) is 9.78 Å². The van der Waals surface area contributed by atoms with E-state index in [9.17, 15) is 4.79 Å². The fraction of sp³-hybridized carbons (Fsp3) is 0.150. The minimum absolute atomic E-state index is 0.0869. The van der Waals surface area contributed by atoms with Crippen LogP contribution in [0.15, 0.2) is 57.6 Å². The number of ether oxygens (including phenoxy) is 1. The van der Waals surface area contributed by atoms with Crippen LogP contribution in [-0.4, -0.2) is 31.2 Å². The molecule has 3 heterocycles. The maximum atomic E-state index is 12.9. The normalized spacial score (nSPS) is 11.6. The maximum Gasteiger partial charge on any atom is 0.357 e. The molecule has 0 saturated heterocycles. The average molecular weight is 391 g/mol. The Balaban J connectivity index is 1.66. The Labute approximate surface area is 165 Å². The first-order valence-electron chi connectivity index (χ1n) is 8.81. The molecule has 0 unspecified atom stereocenters. The van der Waals surface area contributed by atoms with Crippen molar-refractivity contribution in [2.24, 2.45) is 0 Å². The summed E-state index contributed by atoms with van der Waals surface area (Å²) in [6, 6.07) is 12.7. The summed E-state index contributed by atoms with van der Waals surface area (Å²) in [5.74, 6) is 1.18. The van der Waals surface area contributed by atoms with Crippen molar-refractivity contribution in [2.45, 2.75) is 20.5 Å². The molecular formula is C20H17N5O4. The Kier molecular flexibility index (Phi) is 5.02. The van der Waals surface area contributed by atoms with Gasteiger partial charge in [-0.3, -0.25) is 0 Å². The smallest absolute Gasteiger partial charge is 0.357 e. The standard InChI is InChI=1S/C20H17N5O4/c1-13-14(2)29-18(21-13)12-28-20(26)17(11-16-9-6-10-27-16)25-19(22-23-24-25)15-7-4-3-5-8-15/h3-11H,12H2,1-2H3/b17-11-. The first-order chi connectivity index (χ1) is 14.1. The number of benzene rings is 1. The molecule has 9 nitrogen and oxygen atoms in total. The molecule has 0 fully saturated rings. The molecule has 4 rings (SSSR count). The summed E-state index contributed by atoms with van der Waals surface area (Å²) < 4.78 is 17.5. The van der Waals surface area contributed by atoms with Gasteiger partial charge in [-0.1, -0.05) is 30.3 Å². The van der Waals surface area contributed by atoms with Gasteiger partial charge in [0.1, 0.15) is 11.5 Å². The zero-order valence-electron chi connectivity index (χ0n) is 15.8. The van der Waals surface area contributed by atoms with Crippen molar-refractivity contribution in [3.05, 3.63) is 71.8 Å². The van der Waals surface area contributed by atoms with E-state index in [1.54, 1.807) is 19.1 Å². The van der Waals surface area contributed by atoms with Crippen LogP contribution in [-0.2, 0) is 16.1 Å². The number of nitrogens with zero attached hydrogens (tertiary/aromatic N) is 5. The number of rotatable bonds is 6. The Hall–Kier alpha value is -4.01. The van der Waals surface area contributed by atoms with E-state index >= 15 is 0 Å². The van der Waals surface area contributed by atoms with Gasteiger partial charge >= 0.3 is 5.97 Å². The Bertz CT molecular complexity index is 1120. The summed E-state index contributed by atoms with van der Waals surface area (Å²) >= 11 is 0. The van der Waals surface area contributed by atoms with Gasteiger partial charge in [0.25, 0.3) is 0 Å². The number of carbonyl (C=O) groups is 1. The van der Waals surface area contributed by atoms with Gasteiger partial charge in [0.15, 0.2) is 18.1 Å². The number of oxazole rings is 1. The molecule has 0 amide bonds. The number of hydrogen-bond acceptors (Lipinski definition) is 8. The van der Waals surface area contributed by atoms with Crippen molar-refractivity contribution < 1.29 is 18.4 Å². The molecule has 0 radical (unpaired) electrons. The lowest BCUT2D eigenvalue weighted by molar-refractivity contribution is -0.139. The predicted octanol–water partition coefficient (Wildman–Crippen LogP) is 3.28. The lowest BCUT2D eigenvalue weighted by Crippen LogP contribution is -2.15. The van der Waals surface area contributed by atoms with Crippen LogP contribution in [0.25, 0.3) is 23.2 Å². The monoisotopic (exact) mass is 391 g/mol. The van der Waals surface area contributed by atoms with Crippen LogP contribution in [0.4, 0.5) is 0 Å². The Morgan fingerprint density at radius 3 is 2.69 bits per heavy atom. The molecule has 146 valence electrons. The zero-order valence-corrected chi connectivity index (χ0v) is 15.8. The Morgan fingerprint density at radius 1 is 1.17 bits per heavy atom. The van der Waals surface area contributed by atoms with Crippen molar-refractivity contribution in [3.63, 3.8) is 0 Å². The third kappa shape index (κ3) is 3.98. The van der Waals surface area contributed by atoms with Crippen LogP contribution in [0.2, 0.25) is 0 Å². The molecule has 0 aliphatic rings. The summed E-state index contributed by atoms with van der Waals surface area (Å²) in [4.78, 5) is 17.1. The van der Waals surface area contributed by atoms with Crippen LogP contribution in [0.5, 0.6) is 0 Å². The van der Waals surface area contributed by atoms with E-state index in [4.69, 9.17) is 13.6 Å². The maximum absolute atomic E-state index is 12.9. The predicted molar refractivity (Wildman–Crippen MR) is 102 cm³/mol. The topological polar surface area (TPSA) is 109 Å². The number of aromatic nitrogens is 5. The van der Waals surface area contributed by atoms with Crippen LogP contribution in [0.3, 0.4) is 0 Å². The summed E-state index contributed by atoms with van der Waals surface area (Å²) in [6.07, 6.45) is 3.02.